The van der Waals surface area contributed by atoms with Crippen LogP contribution in [0.3, 0.4) is 0 Å². The Morgan fingerprint density at radius 3 is 2.66 bits per heavy atom. The van der Waals surface area contributed by atoms with Crippen molar-refractivity contribution in [3.05, 3.63) is 65.9 Å². The molecule has 3 aromatic rings. The summed E-state index contributed by atoms with van der Waals surface area (Å²) < 4.78 is 34.2. The number of sulfonamides is 1. The van der Waals surface area contributed by atoms with Crippen LogP contribution in [0.2, 0.25) is 0 Å². The third-order valence-corrected chi connectivity index (χ3v) is 6.20. The zero-order chi connectivity index (χ0) is 20.4. The number of carbonyl (C=O) groups excluding carboxylic acids is 1. The van der Waals surface area contributed by atoms with E-state index in [1.807, 2.05) is 19.1 Å². The molecular formula is C21H21N3O4S. The molecule has 8 heteroatoms. The first kappa shape index (κ1) is 19.4. The van der Waals surface area contributed by atoms with Gasteiger partial charge in [-0.25, -0.2) is 8.42 Å². The van der Waals surface area contributed by atoms with Crippen molar-refractivity contribution in [2.45, 2.75) is 11.8 Å². The van der Waals surface area contributed by atoms with Crippen LogP contribution in [0.1, 0.15) is 15.9 Å². The molecule has 0 radical (unpaired) electrons. The highest BCUT2D eigenvalue weighted by Crippen LogP contribution is 2.26. The number of ether oxygens (including phenoxy) is 1. The van der Waals surface area contributed by atoms with E-state index in [0.29, 0.717) is 37.4 Å². The van der Waals surface area contributed by atoms with Crippen molar-refractivity contribution >= 4 is 32.5 Å². The van der Waals surface area contributed by atoms with E-state index in [1.165, 1.54) is 6.07 Å². The number of fused-ring (bicyclic) bond motifs is 1. The van der Waals surface area contributed by atoms with Gasteiger partial charge in [0.1, 0.15) is 4.90 Å². The molecule has 1 amide bonds. The summed E-state index contributed by atoms with van der Waals surface area (Å²) in [6, 6.07) is 13.5. The SMILES string of the molecule is Cc1cnc2c(S(=O)(=O)Nc3ccccc3C(=O)N3CCOCC3)cccc2c1. The van der Waals surface area contributed by atoms with Crippen LogP contribution < -0.4 is 4.72 Å². The molecule has 1 aromatic heterocycles. The van der Waals surface area contributed by atoms with E-state index in [0.717, 1.165) is 10.9 Å². The standard InChI is InChI=1S/C21H21N3O4S/c1-15-13-16-5-4-8-19(20(16)22-14-15)29(26,27)23-18-7-3-2-6-17(18)21(25)24-9-11-28-12-10-24/h2-8,13-14,23H,9-12H2,1H3. The Kier molecular flexibility index (Phi) is 5.21. The Bertz CT molecular complexity index is 1170. The fraction of sp³-hybridized carbons (Fsp3) is 0.238. The number of hydrogen-bond donors (Lipinski definition) is 1. The molecule has 1 N–H and O–H groups in total. The van der Waals surface area contributed by atoms with Crippen molar-refractivity contribution in [1.29, 1.82) is 0 Å². The van der Waals surface area contributed by atoms with E-state index < -0.39 is 10.0 Å². The minimum atomic E-state index is -3.95. The molecule has 1 saturated heterocycles. The molecule has 0 spiro atoms. The van der Waals surface area contributed by atoms with Gasteiger partial charge < -0.3 is 9.64 Å². The number of para-hydroxylation sites is 2. The first-order valence-corrected chi connectivity index (χ1v) is 10.8. The topological polar surface area (TPSA) is 88.6 Å². The first-order valence-electron chi connectivity index (χ1n) is 9.30. The van der Waals surface area contributed by atoms with Gasteiger partial charge in [0.05, 0.1) is 30.0 Å². The number of hydrogen-bond acceptors (Lipinski definition) is 5. The van der Waals surface area contributed by atoms with Gasteiger partial charge in [0.25, 0.3) is 15.9 Å². The second-order valence-corrected chi connectivity index (χ2v) is 8.55. The van der Waals surface area contributed by atoms with Crippen molar-refractivity contribution < 1.29 is 17.9 Å². The van der Waals surface area contributed by atoms with Gasteiger partial charge in [0.15, 0.2) is 0 Å². The maximum Gasteiger partial charge on any atom is 0.264 e. The molecule has 0 atom stereocenters. The Morgan fingerprint density at radius 2 is 1.86 bits per heavy atom. The lowest BCUT2D eigenvalue weighted by Crippen LogP contribution is -2.41. The monoisotopic (exact) mass is 411 g/mol. The number of amides is 1. The zero-order valence-corrected chi connectivity index (χ0v) is 16.8. The summed E-state index contributed by atoms with van der Waals surface area (Å²) in [5.41, 5.74) is 1.89. The molecule has 1 fully saturated rings. The van der Waals surface area contributed by atoms with Crippen LogP contribution in [0.25, 0.3) is 10.9 Å². The fourth-order valence-corrected chi connectivity index (χ4v) is 4.62. The van der Waals surface area contributed by atoms with Crippen LogP contribution in [0.15, 0.2) is 59.6 Å². The molecule has 4 rings (SSSR count). The number of benzene rings is 2. The number of aryl methyl sites for hydroxylation is 1. The second-order valence-electron chi connectivity index (χ2n) is 6.90. The average molecular weight is 411 g/mol. The Balaban J connectivity index is 1.70. The third kappa shape index (κ3) is 3.94. The average Bonchev–Trinajstić information content (AvgIpc) is 2.73. The molecule has 1 aliphatic heterocycles. The number of rotatable bonds is 4. The quantitative estimate of drug-likeness (QED) is 0.713. The highest BCUT2D eigenvalue weighted by Gasteiger charge is 2.24. The molecule has 0 bridgehead atoms. The number of aromatic nitrogens is 1. The van der Waals surface area contributed by atoms with Gasteiger partial charge >= 0.3 is 0 Å². The Morgan fingerprint density at radius 1 is 1.10 bits per heavy atom. The Hall–Kier alpha value is -2.97. The molecule has 150 valence electrons. The molecule has 2 heterocycles. The largest absolute Gasteiger partial charge is 0.378 e. The zero-order valence-electron chi connectivity index (χ0n) is 16.0. The number of anilines is 1. The molecule has 0 aliphatic carbocycles. The highest BCUT2D eigenvalue weighted by atomic mass is 32.2. The number of morpholine rings is 1. The van der Waals surface area contributed by atoms with E-state index in [2.05, 4.69) is 9.71 Å². The van der Waals surface area contributed by atoms with Crippen molar-refractivity contribution in [3.8, 4) is 0 Å². The van der Waals surface area contributed by atoms with Gasteiger partial charge in [-0.05, 0) is 36.8 Å². The lowest BCUT2D eigenvalue weighted by molar-refractivity contribution is 0.0303. The lowest BCUT2D eigenvalue weighted by Gasteiger charge is -2.27. The van der Waals surface area contributed by atoms with Crippen molar-refractivity contribution in [3.63, 3.8) is 0 Å². The summed E-state index contributed by atoms with van der Waals surface area (Å²) in [6.07, 6.45) is 1.64. The number of carbonyl (C=O) groups is 1. The summed E-state index contributed by atoms with van der Waals surface area (Å²) in [5, 5.41) is 0.741. The summed E-state index contributed by atoms with van der Waals surface area (Å²) >= 11 is 0. The van der Waals surface area contributed by atoms with Gasteiger partial charge in [0.2, 0.25) is 0 Å². The number of nitrogens with one attached hydrogen (secondary N) is 1. The third-order valence-electron chi connectivity index (χ3n) is 4.80. The van der Waals surface area contributed by atoms with E-state index in [-0.39, 0.29) is 16.5 Å². The van der Waals surface area contributed by atoms with Crippen LogP contribution in [-0.4, -0.2) is 50.5 Å². The van der Waals surface area contributed by atoms with Crippen LogP contribution in [0.4, 0.5) is 5.69 Å². The predicted octanol–water partition coefficient (Wildman–Crippen LogP) is 2.82. The summed E-state index contributed by atoms with van der Waals surface area (Å²) in [5.74, 6) is -0.224. The molecule has 29 heavy (non-hydrogen) atoms. The van der Waals surface area contributed by atoms with Crippen LogP contribution in [0, 0.1) is 6.92 Å². The minimum Gasteiger partial charge on any atom is -0.378 e. The minimum absolute atomic E-state index is 0.0728. The molecule has 0 saturated carbocycles. The maximum atomic E-state index is 13.2. The van der Waals surface area contributed by atoms with Gasteiger partial charge in [-0.2, -0.15) is 0 Å². The number of nitrogens with zero attached hydrogens (tertiary/aromatic N) is 2. The summed E-state index contributed by atoms with van der Waals surface area (Å²) in [6.45, 7) is 3.81. The smallest absolute Gasteiger partial charge is 0.264 e. The molecule has 2 aromatic carbocycles. The van der Waals surface area contributed by atoms with Gasteiger partial charge in [-0.1, -0.05) is 24.3 Å². The van der Waals surface area contributed by atoms with Crippen LogP contribution >= 0.6 is 0 Å². The van der Waals surface area contributed by atoms with E-state index in [1.54, 1.807) is 41.4 Å². The lowest BCUT2D eigenvalue weighted by atomic mass is 10.1. The van der Waals surface area contributed by atoms with Gasteiger partial charge in [-0.3, -0.25) is 14.5 Å². The Labute approximate surface area is 169 Å². The summed E-state index contributed by atoms with van der Waals surface area (Å²) in [7, 11) is -3.95. The van der Waals surface area contributed by atoms with E-state index in [4.69, 9.17) is 4.74 Å². The van der Waals surface area contributed by atoms with Crippen molar-refractivity contribution in [1.82, 2.24) is 9.88 Å². The van der Waals surface area contributed by atoms with E-state index in [9.17, 15) is 13.2 Å². The van der Waals surface area contributed by atoms with Crippen molar-refractivity contribution in [2.75, 3.05) is 31.0 Å². The second kappa shape index (κ2) is 7.81. The van der Waals surface area contributed by atoms with Gasteiger partial charge in [-0.15, -0.1) is 0 Å². The molecule has 7 nitrogen and oxygen atoms in total. The molecule has 0 unspecified atom stereocenters. The maximum absolute atomic E-state index is 13.2. The van der Waals surface area contributed by atoms with E-state index >= 15 is 0 Å². The van der Waals surface area contributed by atoms with Crippen LogP contribution in [0.5, 0.6) is 0 Å². The van der Waals surface area contributed by atoms with Gasteiger partial charge in [0, 0.05) is 24.7 Å². The molecular weight excluding hydrogens is 390 g/mol. The number of pyridine rings is 1. The highest BCUT2D eigenvalue weighted by molar-refractivity contribution is 7.93. The van der Waals surface area contributed by atoms with Crippen LogP contribution in [-0.2, 0) is 14.8 Å². The summed E-state index contributed by atoms with van der Waals surface area (Å²) in [4.78, 5) is 19.0. The van der Waals surface area contributed by atoms with Crippen molar-refractivity contribution in [2.24, 2.45) is 0 Å². The fourth-order valence-electron chi connectivity index (χ4n) is 3.35. The molecule has 1 aliphatic rings. The first-order chi connectivity index (χ1) is 14.0. The predicted molar refractivity (Wildman–Crippen MR) is 110 cm³/mol. The normalized spacial score (nSPS) is 14.7.